The number of hydrogen-bond donors (Lipinski definition) is 1. The first-order chi connectivity index (χ1) is 9.60. The van der Waals surface area contributed by atoms with Crippen LogP contribution >= 0.6 is 11.6 Å². The van der Waals surface area contributed by atoms with E-state index >= 15 is 0 Å². The van der Waals surface area contributed by atoms with Crippen LogP contribution in [0.1, 0.15) is 45.0 Å². The van der Waals surface area contributed by atoms with Crippen LogP contribution in [-0.4, -0.2) is 28.5 Å². The van der Waals surface area contributed by atoms with E-state index in [2.05, 4.69) is 10.3 Å². The lowest BCUT2D eigenvalue weighted by atomic mass is 10.0. The molecule has 0 aliphatic heterocycles. The van der Waals surface area contributed by atoms with Crippen LogP contribution in [0.15, 0.2) is 18.3 Å². The lowest BCUT2D eigenvalue weighted by Crippen LogP contribution is -2.47. The van der Waals surface area contributed by atoms with Crippen LogP contribution in [0.5, 0.6) is 0 Å². The Morgan fingerprint density at radius 1 is 1.33 bits per heavy atom. The largest absolute Gasteiger partial charge is 0.458 e. The molecule has 0 fully saturated rings. The molecule has 1 aromatic rings. The highest BCUT2D eigenvalue weighted by atomic mass is 35.5. The summed E-state index contributed by atoms with van der Waals surface area (Å²) in [6, 6.07) is 2.26. The Labute approximate surface area is 130 Å². The Kier molecular flexibility index (Phi) is 5.72. The third-order valence-corrected chi connectivity index (χ3v) is 2.81. The van der Waals surface area contributed by atoms with Crippen molar-refractivity contribution in [1.82, 2.24) is 10.3 Å². The third-order valence-electron chi connectivity index (χ3n) is 2.60. The van der Waals surface area contributed by atoms with E-state index in [4.69, 9.17) is 16.3 Å². The summed E-state index contributed by atoms with van der Waals surface area (Å²) in [5.74, 6) is -0.934. The van der Waals surface area contributed by atoms with Crippen LogP contribution in [0.3, 0.4) is 0 Å². The summed E-state index contributed by atoms with van der Waals surface area (Å²) in [6.45, 7) is 9.04. The van der Waals surface area contributed by atoms with Gasteiger partial charge in [-0.25, -0.2) is 9.78 Å². The van der Waals surface area contributed by atoms with Gasteiger partial charge in [-0.15, -0.1) is 0 Å². The Morgan fingerprint density at radius 3 is 2.43 bits per heavy atom. The zero-order valence-electron chi connectivity index (χ0n) is 12.9. The molecule has 0 aliphatic rings. The molecule has 1 aromatic heterocycles. The minimum atomic E-state index is -0.719. The maximum Gasteiger partial charge on any atom is 0.329 e. The van der Waals surface area contributed by atoms with E-state index in [1.807, 2.05) is 13.8 Å². The number of amides is 1. The van der Waals surface area contributed by atoms with Gasteiger partial charge in [-0.3, -0.25) is 4.79 Å². The minimum Gasteiger partial charge on any atom is -0.458 e. The van der Waals surface area contributed by atoms with Crippen LogP contribution in [-0.2, 0) is 9.53 Å². The SMILES string of the molecule is CC(C)[C@H](NC(=O)c1ccnc(Cl)c1)C(=O)OC(C)(C)C. The van der Waals surface area contributed by atoms with E-state index in [9.17, 15) is 9.59 Å². The molecule has 21 heavy (non-hydrogen) atoms. The molecule has 0 saturated heterocycles. The quantitative estimate of drug-likeness (QED) is 0.685. The number of pyridine rings is 1. The fourth-order valence-corrected chi connectivity index (χ4v) is 1.81. The predicted octanol–water partition coefficient (Wildman–Crippen LogP) is 2.83. The van der Waals surface area contributed by atoms with Gasteiger partial charge >= 0.3 is 5.97 Å². The van der Waals surface area contributed by atoms with Crippen molar-refractivity contribution in [3.8, 4) is 0 Å². The fraction of sp³-hybridized carbons (Fsp3) is 0.533. The first kappa shape index (κ1) is 17.4. The summed E-state index contributed by atoms with van der Waals surface area (Å²) in [5, 5.41) is 2.91. The minimum absolute atomic E-state index is 0.0962. The van der Waals surface area contributed by atoms with Crippen molar-refractivity contribution in [2.45, 2.75) is 46.3 Å². The number of nitrogens with zero attached hydrogens (tertiary/aromatic N) is 1. The standard InChI is InChI=1S/C15H21ClN2O3/c1-9(2)12(14(20)21-15(3,4)5)18-13(19)10-6-7-17-11(16)8-10/h6-9,12H,1-5H3,(H,18,19)/t12-/m0/s1. The first-order valence-electron chi connectivity index (χ1n) is 6.75. The van der Waals surface area contributed by atoms with Gasteiger partial charge in [0.05, 0.1) is 0 Å². The fourth-order valence-electron chi connectivity index (χ4n) is 1.63. The summed E-state index contributed by atoms with van der Waals surface area (Å²) >= 11 is 5.75. The van der Waals surface area contributed by atoms with Crippen molar-refractivity contribution >= 4 is 23.5 Å². The number of rotatable bonds is 4. The topological polar surface area (TPSA) is 68.3 Å². The maximum atomic E-state index is 12.2. The molecule has 0 aromatic carbocycles. The van der Waals surface area contributed by atoms with Gasteiger partial charge in [-0.1, -0.05) is 25.4 Å². The van der Waals surface area contributed by atoms with Crippen molar-refractivity contribution in [1.29, 1.82) is 0 Å². The number of aromatic nitrogens is 1. The van der Waals surface area contributed by atoms with Crippen LogP contribution in [0.25, 0.3) is 0 Å². The Morgan fingerprint density at radius 2 is 1.95 bits per heavy atom. The van der Waals surface area contributed by atoms with E-state index < -0.39 is 17.6 Å². The first-order valence-corrected chi connectivity index (χ1v) is 7.13. The molecule has 0 unspecified atom stereocenters. The second-order valence-corrected chi connectivity index (χ2v) is 6.48. The number of esters is 1. The molecule has 1 N–H and O–H groups in total. The smallest absolute Gasteiger partial charge is 0.329 e. The highest BCUT2D eigenvalue weighted by Crippen LogP contribution is 2.13. The molecule has 0 bridgehead atoms. The Bertz CT molecular complexity index is 524. The number of halogens is 1. The number of ether oxygens (including phenoxy) is 1. The number of carbonyl (C=O) groups excluding carboxylic acids is 2. The van der Waals surface area contributed by atoms with Crippen molar-refractivity contribution in [3.63, 3.8) is 0 Å². The lowest BCUT2D eigenvalue weighted by Gasteiger charge is -2.26. The summed E-state index contributed by atoms with van der Waals surface area (Å²) in [6.07, 6.45) is 1.44. The lowest BCUT2D eigenvalue weighted by molar-refractivity contribution is -0.158. The van der Waals surface area contributed by atoms with E-state index in [1.165, 1.54) is 18.3 Å². The van der Waals surface area contributed by atoms with Gasteiger partial charge in [0, 0.05) is 11.8 Å². The van der Waals surface area contributed by atoms with Crippen LogP contribution in [0.2, 0.25) is 5.15 Å². The zero-order valence-corrected chi connectivity index (χ0v) is 13.7. The molecule has 6 heteroatoms. The molecule has 1 amide bonds. The van der Waals surface area contributed by atoms with Crippen LogP contribution < -0.4 is 5.32 Å². The van der Waals surface area contributed by atoms with Gasteiger partial charge in [-0.05, 0) is 38.8 Å². The second-order valence-electron chi connectivity index (χ2n) is 6.10. The summed E-state index contributed by atoms with van der Waals surface area (Å²) in [7, 11) is 0. The van der Waals surface area contributed by atoms with Crippen molar-refractivity contribution < 1.29 is 14.3 Å². The van der Waals surface area contributed by atoms with Crippen molar-refractivity contribution in [3.05, 3.63) is 29.0 Å². The summed E-state index contributed by atoms with van der Waals surface area (Å²) < 4.78 is 5.33. The molecule has 5 nitrogen and oxygen atoms in total. The predicted molar refractivity (Wildman–Crippen MR) is 81.2 cm³/mol. The maximum absolute atomic E-state index is 12.2. The molecule has 0 saturated carbocycles. The summed E-state index contributed by atoms with van der Waals surface area (Å²) in [4.78, 5) is 28.1. The molecule has 1 rings (SSSR count). The molecule has 0 aliphatic carbocycles. The zero-order chi connectivity index (χ0) is 16.2. The average molecular weight is 313 g/mol. The van der Waals surface area contributed by atoms with Gasteiger partial charge in [-0.2, -0.15) is 0 Å². The number of hydrogen-bond acceptors (Lipinski definition) is 4. The normalized spacial score (nSPS) is 12.9. The molecule has 0 radical (unpaired) electrons. The monoisotopic (exact) mass is 312 g/mol. The molecule has 116 valence electrons. The van der Waals surface area contributed by atoms with E-state index in [1.54, 1.807) is 20.8 Å². The summed E-state index contributed by atoms with van der Waals surface area (Å²) in [5.41, 5.74) is -0.251. The molecular formula is C15H21ClN2O3. The molecule has 0 spiro atoms. The molecular weight excluding hydrogens is 292 g/mol. The van der Waals surface area contributed by atoms with Crippen molar-refractivity contribution in [2.75, 3.05) is 0 Å². The van der Waals surface area contributed by atoms with Crippen LogP contribution in [0, 0.1) is 5.92 Å². The van der Waals surface area contributed by atoms with Crippen molar-refractivity contribution in [2.24, 2.45) is 5.92 Å². The highest BCUT2D eigenvalue weighted by Gasteiger charge is 2.29. The molecule has 1 atom stereocenters. The number of nitrogens with one attached hydrogen (secondary N) is 1. The van der Waals surface area contributed by atoms with E-state index in [0.717, 1.165) is 0 Å². The van der Waals surface area contributed by atoms with Gasteiger partial charge < -0.3 is 10.1 Å². The van der Waals surface area contributed by atoms with Gasteiger partial charge in [0.25, 0.3) is 5.91 Å². The van der Waals surface area contributed by atoms with E-state index in [-0.39, 0.29) is 17.0 Å². The highest BCUT2D eigenvalue weighted by molar-refractivity contribution is 6.29. The van der Waals surface area contributed by atoms with Gasteiger partial charge in [0.2, 0.25) is 0 Å². The Balaban J connectivity index is 2.84. The number of carbonyl (C=O) groups is 2. The Hall–Kier alpha value is -1.62. The second kappa shape index (κ2) is 6.89. The average Bonchev–Trinajstić information content (AvgIpc) is 2.32. The van der Waals surface area contributed by atoms with Crippen LogP contribution in [0.4, 0.5) is 0 Å². The van der Waals surface area contributed by atoms with Gasteiger partial charge in [0.15, 0.2) is 0 Å². The van der Waals surface area contributed by atoms with E-state index in [0.29, 0.717) is 5.56 Å². The molecule has 1 heterocycles. The van der Waals surface area contributed by atoms with Gasteiger partial charge in [0.1, 0.15) is 16.8 Å². The third kappa shape index (κ3) is 5.71.